The Labute approximate surface area is 193 Å². The maximum Gasteiger partial charge on any atom is 0.276 e. The van der Waals surface area contributed by atoms with E-state index in [9.17, 15) is 13.2 Å². The summed E-state index contributed by atoms with van der Waals surface area (Å²) < 4.78 is 35.3. The fourth-order valence-corrected chi connectivity index (χ4v) is 3.82. The Bertz CT molecular complexity index is 1290. The minimum Gasteiger partial charge on any atom is -0.493 e. The average molecular weight is 468 g/mol. The Morgan fingerprint density at radius 2 is 1.58 bits per heavy atom. The van der Waals surface area contributed by atoms with Gasteiger partial charge in [-0.2, -0.15) is 18.4 Å². The number of amides is 1. The van der Waals surface area contributed by atoms with E-state index in [4.69, 9.17) is 9.47 Å². The highest BCUT2D eigenvalue weighted by Gasteiger charge is 2.14. The summed E-state index contributed by atoms with van der Waals surface area (Å²) in [5, 5.41) is 6.84. The van der Waals surface area contributed by atoms with Crippen LogP contribution in [0.15, 0.2) is 76.7 Å². The van der Waals surface area contributed by atoms with Gasteiger partial charge in [0.1, 0.15) is 0 Å². The Morgan fingerprint density at radius 1 is 0.879 bits per heavy atom. The van der Waals surface area contributed by atoms with Crippen LogP contribution in [0.2, 0.25) is 0 Å². The number of nitrogens with zero attached hydrogens (tertiary/aromatic N) is 1. The van der Waals surface area contributed by atoms with Gasteiger partial charge in [0, 0.05) is 11.3 Å². The molecule has 172 valence electrons. The van der Waals surface area contributed by atoms with Crippen LogP contribution in [0.4, 0.5) is 5.69 Å². The third kappa shape index (κ3) is 5.89. The minimum absolute atomic E-state index is 0.126. The van der Waals surface area contributed by atoms with E-state index in [-0.39, 0.29) is 10.8 Å². The summed E-state index contributed by atoms with van der Waals surface area (Å²) in [5.74, 6) is 0.640. The van der Waals surface area contributed by atoms with E-state index in [1.807, 2.05) is 6.92 Å². The molecule has 3 rings (SSSR count). The SMILES string of the molecule is COc1ccc(C(=O)Nc2cccc(/C(C)=N\NS(=O)(=O)c3ccc(C)cc3)c2)cc1OC. The molecule has 8 nitrogen and oxygen atoms in total. The second-order valence-corrected chi connectivity index (χ2v) is 8.87. The summed E-state index contributed by atoms with van der Waals surface area (Å²) >= 11 is 0. The summed E-state index contributed by atoms with van der Waals surface area (Å²) in [4.78, 5) is 15.0. The van der Waals surface area contributed by atoms with Crippen LogP contribution >= 0.6 is 0 Å². The third-order valence-electron chi connectivity index (χ3n) is 4.85. The zero-order valence-electron chi connectivity index (χ0n) is 18.7. The molecule has 0 aliphatic heterocycles. The number of hydrogen-bond acceptors (Lipinski definition) is 6. The van der Waals surface area contributed by atoms with Gasteiger partial charge in [0.15, 0.2) is 11.5 Å². The van der Waals surface area contributed by atoms with Crippen LogP contribution in [0.1, 0.15) is 28.4 Å². The van der Waals surface area contributed by atoms with Crippen molar-refractivity contribution in [1.29, 1.82) is 0 Å². The van der Waals surface area contributed by atoms with Crippen molar-refractivity contribution in [3.63, 3.8) is 0 Å². The van der Waals surface area contributed by atoms with Crippen molar-refractivity contribution in [2.45, 2.75) is 18.7 Å². The van der Waals surface area contributed by atoms with Gasteiger partial charge in [0.25, 0.3) is 15.9 Å². The molecule has 0 saturated heterocycles. The largest absolute Gasteiger partial charge is 0.493 e. The Morgan fingerprint density at radius 3 is 2.24 bits per heavy atom. The van der Waals surface area contributed by atoms with E-state index in [2.05, 4.69) is 15.2 Å². The monoisotopic (exact) mass is 467 g/mol. The number of ether oxygens (including phenoxy) is 2. The zero-order chi connectivity index (χ0) is 24.0. The molecule has 1 amide bonds. The molecule has 0 radical (unpaired) electrons. The summed E-state index contributed by atoms with van der Waals surface area (Å²) in [5.41, 5.74) is 2.97. The first-order valence-corrected chi connectivity index (χ1v) is 11.5. The van der Waals surface area contributed by atoms with Crippen LogP contribution in [0.5, 0.6) is 11.5 Å². The molecule has 0 heterocycles. The lowest BCUT2D eigenvalue weighted by Gasteiger charge is -2.11. The van der Waals surface area contributed by atoms with Gasteiger partial charge in [-0.25, -0.2) is 0 Å². The standard InChI is InChI=1S/C24H25N3O5S/c1-16-8-11-21(12-9-16)33(29,30)27-26-17(2)18-6-5-7-20(14-18)25-24(28)19-10-13-22(31-3)23(15-19)32-4/h5-15,27H,1-4H3,(H,25,28)/b26-17-. The Balaban J connectivity index is 1.74. The van der Waals surface area contributed by atoms with E-state index >= 15 is 0 Å². The second-order valence-electron chi connectivity index (χ2n) is 7.21. The van der Waals surface area contributed by atoms with Crippen molar-refractivity contribution in [2.24, 2.45) is 5.10 Å². The number of aryl methyl sites for hydroxylation is 1. The highest BCUT2D eigenvalue weighted by molar-refractivity contribution is 7.89. The van der Waals surface area contributed by atoms with Gasteiger partial charge in [-0.15, -0.1) is 0 Å². The Kier molecular flexibility index (Phi) is 7.34. The number of nitrogens with one attached hydrogen (secondary N) is 2. The first-order chi connectivity index (χ1) is 15.7. The van der Waals surface area contributed by atoms with Gasteiger partial charge >= 0.3 is 0 Å². The van der Waals surface area contributed by atoms with Crippen molar-refractivity contribution < 1.29 is 22.7 Å². The number of rotatable bonds is 8. The number of benzene rings is 3. The number of sulfonamides is 1. The number of hydrazone groups is 1. The van der Waals surface area contributed by atoms with Crippen LogP contribution in [0.3, 0.4) is 0 Å². The van der Waals surface area contributed by atoms with Gasteiger partial charge in [-0.1, -0.05) is 29.8 Å². The second kappa shape index (κ2) is 10.2. The van der Waals surface area contributed by atoms with Gasteiger partial charge in [-0.3, -0.25) is 4.79 Å². The molecule has 0 aromatic heterocycles. The maximum atomic E-state index is 12.7. The summed E-state index contributed by atoms with van der Waals surface area (Å²) in [7, 11) is -0.767. The molecule has 2 N–H and O–H groups in total. The van der Waals surface area contributed by atoms with Gasteiger partial charge in [-0.05, 0) is 61.9 Å². The van der Waals surface area contributed by atoms with Crippen molar-refractivity contribution in [3.05, 3.63) is 83.4 Å². The summed E-state index contributed by atoms with van der Waals surface area (Å²) in [6.07, 6.45) is 0. The lowest BCUT2D eigenvalue weighted by Crippen LogP contribution is -2.20. The van der Waals surface area contributed by atoms with Gasteiger partial charge in [0.05, 0.1) is 24.8 Å². The van der Waals surface area contributed by atoms with Crippen LogP contribution in [-0.2, 0) is 10.0 Å². The van der Waals surface area contributed by atoms with E-state index < -0.39 is 10.0 Å². The maximum absolute atomic E-state index is 12.7. The highest BCUT2D eigenvalue weighted by Crippen LogP contribution is 2.28. The molecule has 0 fully saturated rings. The summed E-state index contributed by atoms with van der Waals surface area (Å²) in [6, 6.07) is 18.3. The lowest BCUT2D eigenvalue weighted by atomic mass is 10.1. The lowest BCUT2D eigenvalue weighted by molar-refractivity contribution is 0.102. The molecule has 0 aliphatic carbocycles. The zero-order valence-corrected chi connectivity index (χ0v) is 19.6. The molecular formula is C24H25N3O5S. The number of anilines is 1. The number of carbonyl (C=O) groups excluding carboxylic acids is 1. The van der Waals surface area contributed by atoms with E-state index in [1.54, 1.807) is 61.5 Å². The van der Waals surface area contributed by atoms with Gasteiger partial charge < -0.3 is 14.8 Å². The fourth-order valence-electron chi connectivity index (χ4n) is 2.97. The fraction of sp³-hybridized carbons (Fsp3) is 0.167. The normalized spacial score (nSPS) is 11.6. The van der Waals surface area contributed by atoms with Crippen LogP contribution in [0, 0.1) is 6.92 Å². The molecular weight excluding hydrogens is 442 g/mol. The predicted molar refractivity (Wildman–Crippen MR) is 128 cm³/mol. The molecule has 0 aliphatic rings. The van der Waals surface area contributed by atoms with E-state index in [1.165, 1.54) is 26.4 Å². The van der Waals surface area contributed by atoms with Crippen molar-refractivity contribution >= 4 is 27.3 Å². The van der Waals surface area contributed by atoms with Crippen molar-refractivity contribution in [2.75, 3.05) is 19.5 Å². The molecule has 0 spiro atoms. The molecule has 9 heteroatoms. The number of hydrogen-bond donors (Lipinski definition) is 2. The number of methoxy groups -OCH3 is 2. The van der Waals surface area contributed by atoms with Gasteiger partial charge in [0.2, 0.25) is 0 Å². The first-order valence-electron chi connectivity index (χ1n) is 10.00. The quantitative estimate of drug-likeness (QED) is 0.385. The average Bonchev–Trinajstić information content (AvgIpc) is 2.82. The molecule has 3 aromatic rings. The third-order valence-corrected chi connectivity index (χ3v) is 6.07. The van der Waals surface area contributed by atoms with Crippen LogP contribution < -0.4 is 19.6 Å². The summed E-state index contributed by atoms with van der Waals surface area (Å²) in [6.45, 7) is 3.55. The minimum atomic E-state index is -3.79. The predicted octanol–water partition coefficient (Wildman–Crippen LogP) is 3.97. The van der Waals surface area contributed by atoms with Crippen molar-refractivity contribution in [3.8, 4) is 11.5 Å². The first kappa shape index (κ1) is 23.8. The highest BCUT2D eigenvalue weighted by atomic mass is 32.2. The molecule has 0 bridgehead atoms. The number of carbonyl (C=O) groups is 1. The van der Waals surface area contributed by atoms with E-state index in [0.29, 0.717) is 34.0 Å². The smallest absolute Gasteiger partial charge is 0.276 e. The molecule has 0 atom stereocenters. The van der Waals surface area contributed by atoms with E-state index in [0.717, 1.165) is 5.56 Å². The van der Waals surface area contributed by atoms with Crippen molar-refractivity contribution in [1.82, 2.24) is 4.83 Å². The molecule has 0 unspecified atom stereocenters. The molecule has 3 aromatic carbocycles. The molecule has 0 saturated carbocycles. The topological polar surface area (TPSA) is 106 Å². The molecule has 33 heavy (non-hydrogen) atoms. The van der Waals surface area contributed by atoms with Crippen LogP contribution in [-0.4, -0.2) is 34.3 Å². The van der Waals surface area contributed by atoms with Crippen LogP contribution in [0.25, 0.3) is 0 Å². The Hall–Kier alpha value is -3.85.